The van der Waals surface area contributed by atoms with E-state index in [1.54, 1.807) is 24.3 Å². The fourth-order valence-corrected chi connectivity index (χ4v) is 7.27. The van der Waals surface area contributed by atoms with Crippen LogP contribution < -0.4 is 24.7 Å². The van der Waals surface area contributed by atoms with Crippen LogP contribution in [0.1, 0.15) is 23.0 Å². The van der Waals surface area contributed by atoms with Crippen LogP contribution in [0.2, 0.25) is 5.02 Å². The number of carbonyl (C=O) groups is 1. The number of aromatic nitrogens is 4. The molecule has 0 radical (unpaired) electrons. The van der Waals surface area contributed by atoms with Gasteiger partial charge in [0.1, 0.15) is 35.5 Å². The Labute approximate surface area is 315 Å². The molecule has 0 aliphatic heterocycles. The molecule has 55 heavy (non-hydrogen) atoms. The minimum Gasteiger partial charge on any atom is -0.497 e. The zero-order chi connectivity index (χ0) is 39.8. The monoisotopic (exact) mass is 802 g/mol. The second kappa shape index (κ2) is 15.5. The van der Waals surface area contributed by atoms with Crippen LogP contribution in [-0.4, -0.2) is 65.8 Å². The van der Waals surface area contributed by atoms with Crippen LogP contribution in [0.25, 0.3) is 27.5 Å². The minimum atomic E-state index is -4.20. The van der Waals surface area contributed by atoms with E-state index in [0.717, 1.165) is 31.9 Å². The first-order valence-corrected chi connectivity index (χ1v) is 18.4. The van der Waals surface area contributed by atoms with Gasteiger partial charge in [-0.3, -0.25) is 14.0 Å². The molecular formula is C36H31ClF4N6O7S. The first kappa shape index (κ1) is 38.8. The highest BCUT2D eigenvalue weighted by atomic mass is 35.5. The van der Waals surface area contributed by atoms with Crippen LogP contribution in [0, 0.1) is 11.6 Å². The molecule has 1 amide bonds. The van der Waals surface area contributed by atoms with Gasteiger partial charge in [-0.15, -0.1) is 0 Å². The van der Waals surface area contributed by atoms with E-state index >= 15 is 0 Å². The molecule has 4 aromatic carbocycles. The molecule has 1 unspecified atom stereocenters. The summed E-state index contributed by atoms with van der Waals surface area (Å²) in [4.78, 5) is 31.5. The van der Waals surface area contributed by atoms with Gasteiger partial charge in [0, 0.05) is 18.6 Å². The maximum absolute atomic E-state index is 14.6. The van der Waals surface area contributed by atoms with Gasteiger partial charge in [0.05, 0.1) is 65.6 Å². The second-order valence-electron chi connectivity index (χ2n) is 12.3. The van der Waals surface area contributed by atoms with Gasteiger partial charge in [-0.25, -0.2) is 40.1 Å². The summed E-state index contributed by atoms with van der Waals surface area (Å²) in [6, 6.07) is 14.3. The number of fused-ring (bicyclic) bond motifs is 2. The number of benzene rings is 4. The van der Waals surface area contributed by atoms with Crippen LogP contribution in [0.3, 0.4) is 0 Å². The van der Waals surface area contributed by atoms with Crippen molar-refractivity contribution in [1.29, 1.82) is 0 Å². The summed E-state index contributed by atoms with van der Waals surface area (Å²) in [6.07, 6.45) is -4.18. The van der Waals surface area contributed by atoms with Crippen molar-refractivity contribution in [2.45, 2.75) is 32.0 Å². The zero-order valence-corrected chi connectivity index (χ0v) is 30.7. The Kier molecular flexibility index (Phi) is 10.9. The summed E-state index contributed by atoms with van der Waals surface area (Å²) in [6.45, 7) is -1.41. The van der Waals surface area contributed by atoms with Crippen LogP contribution in [0.15, 0.2) is 77.6 Å². The Balaban J connectivity index is 1.68. The first-order chi connectivity index (χ1) is 26.1. The van der Waals surface area contributed by atoms with E-state index in [1.807, 2.05) is 0 Å². The lowest BCUT2D eigenvalue weighted by Gasteiger charge is -2.23. The molecule has 0 fully saturated rings. The fourth-order valence-electron chi connectivity index (χ4n) is 6.20. The number of ether oxygens (including phenoxy) is 2. The molecule has 0 aliphatic rings. The number of nitrogens with one attached hydrogen (secondary N) is 1. The van der Waals surface area contributed by atoms with Gasteiger partial charge in [0.15, 0.2) is 5.82 Å². The van der Waals surface area contributed by atoms with E-state index in [9.17, 15) is 40.7 Å². The Bertz CT molecular complexity index is 2580. The summed E-state index contributed by atoms with van der Waals surface area (Å²) in [7, 11) is -1.37. The van der Waals surface area contributed by atoms with E-state index in [-0.39, 0.29) is 62.0 Å². The molecular weight excluding hydrogens is 772 g/mol. The van der Waals surface area contributed by atoms with Crippen molar-refractivity contribution in [3.63, 3.8) is 0 Å². The Hall–Kier alpha value is -5.88. The predicted molar refractivity (Wildman–Crippen MR) is 196 cm³/mol. The lowest BCUT2D eigenvalue weighted by Crippen LogP contribution is -2.35. The summed E-state index contributed by atoms with van der Waals surface area (Å²) in [5.41, 5.74) is -0.749. The lowest BCUT2D eigenvalue weighted by molar-refractivity contribution is 0.123. The van der Waals surface area contributed by atoms with Crippen molar-refractivity contribution in [2.75, 3.05) is 24.8 Å². The van der Waals surface area contributed by atoms with E-state index in [1.165, 1.54) is 44.6 Å². The molecule has 0 saturated heterocycles. The van der Waals surface area contributed by atoms with Gasteiger partial charge in [0.25, 0.3) is 12.0 Å². The molecule has 13 nitrogen and oxygen atoms in total. The summed E-state index contributed by atoms with van der Waals surface area (Å²) in [5.74, 6) is -1.80. The van der Waals surface area contributed by atoms with Crippen LogP contribution in [0.5, 0.6) is 11.5 Å². The predicted octanol–water partition coefficient (Wildman–Crippen LogP) is 6.47. The number of hydrogen-bond donors (Lipinski definition) is 2. The zero-order valence-electron chi connectivity index (χ0n) is 29.1. The van der Waals surface area contributed by atoms with Crippen LogP contribution in [-0.2, 0) is 29.5 Å². The molecule has 2 aromatic heterocycles. The van der Waals surface area contributed by atoms with Crippen molar-refractivity contribution in [2.24, 2.45) is 0 Å². The highest BCUT2D eigenvalue weighted by Gasteiger charge is 2.31. The summed E-state index contributed by atoms with van der Waals surface area (Å²) in [5, 5.41) is 16.2. The molecule has 0 aliphatic carbocycles. The van der Waals surface area contributed by atoms with E-state index in [4.69, 9.17) is 21.1 Å². The molecule has 1 atom stereocenters. The van der Waals surface area contributed by atoms with E-state index in [2.05, 4.69) is 15.4 Å². The van der Waals surface area contributed by atoms with Gasteiger partial charge in [0.2, 0.25) is 10.0 Å². The van der Waals surface area contributed by atoms with Crippen molar-refractivity contribution >= 4 is 55.3 Å². The molecule has 6 aromatic rings. The average Bonchev–Trinajstić information content (AvgIpc) is 3.48. The second-order valence-corrected chi connectivity index (χ2v) is 14.6. The minimum absolute atomic E-state index is 0.0172. The number of methoxy groups -OCH3 is 2. The summed E-state index contributed by atoms with van der Waals surface area (Å²) < 4.78 is 97.1. The molecule has 0 bridgehead atoms. The van der Waals surface area contributed by atoms with Crippen molar-refractivity contribution in [3.8, 4) is 17.2 Å². The number of anilines is 1. The average molecular weight is 803 g/mol. The maximum Gasteiger partial charge on any atom is 0.405 e. The molecule has 2 heterocycles. The largest absolute Gasteiger partial charge is 0.497 e. The Morgan fingerprint density at radius 3 is 2.22 bits per heavy atom. The quantitative estimate of drug-likeness (QED) is 0.125. The van der Waals surface area contributed by atoms with E-state index < -0.39 is 58.7 Å². The highest BCUT2D eigenvalue weighted by Crippen LogP contribution is 2.39. The SMILES string of the molecule is COc1ccc(CN(c2nn(CC(F)F)c3c(-n4c(C(Cc5cc(F)cc(F)c5)NC(=O)O)nc5cc(OC)ccc5c4=O)ccc(Cl)c23)S(C)(=O)=O)cc1. The number of hydrogen-bond acceptors (Lipinski definition) is 8. The number of amides is 1. The molecule has 0 spiro atoms. The fraction of sp³-hybridized carbons (Fsp3) is 0.222. The van der Waals surface area contributed by atoms with Crippen LogP contribution in [0.4, 0.5) is 28.2 Å². The molecule has 19 heteroatoms. The molecule has 0 saturated carbocycles. The van der Waals surface area contributed by atoms with Gasteiger partial charge < -0.3 is 19.9 Å². The smallest absolute Gasteiger partial charge is 0.405 e. The highest BCUT2D eigenvalue weighted by molar-refractivity contribution is 7.92. The molecule has 2 N–H and O–H groups in total. The normalized spacial score (nSPS) is 12.3. The lowest BCUT2D eigenvalue weighted by atomic mass is 10.0. The number of rotatable bonds is 13. The van der Waals surface area contributed by atoms with Gasteiger partial charge in [-0.1, -0.05) is 23.7 Å². The number of halogens is 5. The summed E-state index contributed by atoms with van der Waals surface area (Å²) >= 11 is 6.73. The number of alkyl halides is 2. The third kappa shape index (κ3) is 8.14. The van der Waals surface area contributed by atoms with Crippen molar-refractivity contribution in [1.82, 2.24) is 24.6 Å². The Morgan fingerprint density at radius 1 is 0.964 bits per heavy atom. The number of nitrogens with zero attached hydrogens (tertiary/aromatic N) is 5. The standard InChI is InChI=1S/C36H31ClF4N6O7S/c1-53-23-6-4-19(5-7-23)17-46(55(3,51)52)34-31-26(37)10-11-29(32(31)45(44-34)18-30(40)41)47-33(42-27-16-24(54-2)8-9-25(27)35(47)48)28(43-36(49)50)14-20-12-21(38)15-22(39)13-20/h4-13,15-16,28,30,43H,14,17-18H2,1-3H3,(H,49,50). The number of sulfonamides is 1. The maximum atomic E-state index is 14.6. The van der Waals surface area contributed by atoms with Crippen LogP contribution >= 0.6 is 11.6 Å². The van der Waals surface area contributed by atoms with Crippen molar-refractivity contribution in [3.05, 3.63) is 117 Å². The third-order valence-electron chi connectivity index (χ3n) is 8.55. The topological polar surface area (TPSA) is 158 Å². The van der Waals surface area contributed by atoms with Gasteiger partial charge in [-0.05, 0) is 59.7 Å². The number of carboxylic acid groups (broad SMARTS) is 1. The van der Waals surface area contributed by atoms with Gasteiger partial charge >= 0.3 is 6.09 Å². The van der Waals surface area contributed by atoms with Crippen molar-refractivity contribution < 1.29 is 45.4 Å². The third-order valence-corrected chi connectivity index (χ3v) is 9.97. The Morgan fingerprint density at radius 2 is 1.62 bits per heavy atom. The van der Waals surface area contributed by atoms with E-state index in [0.29, 0.717) is 17.4 Å². The molecule has 6 rings (SSSR count). The van der Waals surface area contributed by atoms with Gasteiger partial charge in [-0.2, -0.15) is 5.10 Å². The molecule has 288 valence electrons. The first-order valence-electron chi connectivity index (χ1n) is 16.2.